The molecule has 0 fully saturated rings. The molecular formula is C14H18O5. The zero-order valence-corrected chi connectivity index (χ0v) is 11.5. The second-order valence-electron chi connectivity index (χ2n) is 4.50. The number of carbonyl (C=O) groups is 1. The minimum atomic E-state index is -0.885. The van der Waals surface area contributed by atoms with Crippen LogP contribution < -0.4 is 10.4 Å². The maximum Gasteiger partial charge on any atom is 0.342 e. The molecule has 19 heavy (non-hydrogen) atoms. The lowest BCUT2D eigenvalue weighted by atomic mass is 10.0. The molecule has 0 aliphatic rings. The molecule has 0 aliphatic carbocycles. The Hall–Kier alpha value is -2.04. The van der Waals surface area contributed by atoms with Crippen LogP contribution in [0.25, 0.3) is 0 Å². The van der Waals surface area contributed by atoms with Crippen molar-refractivity contribution in [3.63, 3.8) is 0 Å². The van der Waals surface area contributed by atoms with E-state index in [1.807, 2.05) is 6.92 Å². The van der Waals surface area contributed by atoms with Crippen LogP contribution in [0.15, 0.2) is 26.9 Å². The first-order valence-corrected chi connectivity index (χ1v) is 5.92. The van der Waals surface area contributed by atoms with E-state index < -0.39 is 11.6 Å². The molecule has 0 aromatic carbocycles. The van der Waals surface area contributed by atoms with Gasteiger partial charge >= 0.3 is 11.6 Å². The SMILES string of the molecule is COc1cc(C(C)/C=C(/C)CC(=O)O)oc(=O)c1C. The number of aliphatic carboxylic acids is 1. The molecule has 104 valence electrons. The fraction of sp³-hybridized carbons (Fsp3) is 0.429. The fourth-order valence-corrected chi connectivity index (χ4v) is 1.79. The Morgan fingerprint density at radius 2 is 2.21 bits per heavy atom. The molecule has 1 rings (SSSR count). The zero-order chi connectivity index (χ0) is 14.6. The van der Waals surface area contributed by atoms with Crippen molar-refractivity contribution in [2.45, 2.75) is 33.1 Å². The molecule has 0 radical (unpaired) electrons. The van der Waals surface area contributed by atoms with Gasteiger partial charge in [0.05, 0.1) is 19.1 Å². The molecule has 0 aliphatic heterocycles. The molecule has 1 N–H and O–H groups in total. The second-order valence-corrected chi connectivity index (χ2v) is 4.50. The molecule has 1 heterocycles. The van der Waals surface area contributed by atoms with E-state index in [9.17, 15) is 9.59 Å². The van der Waals surface area contributed by atoms with E-state index in [1.165, 1.54) is 7.11 Å². The molecule has 0 saturated carbocycles. The summed E-state index contributed by atoms with van der Waals surface area (Å²) < 4.78 is 10.3. The normalized spacial score (nSPS) is 13.2. The van der Waals surface area contributed by atoms with Gasteiger partial charge in [-0.1, -0.05) is 18.6 Å². The first-order valence-electron chi connectivity index (χ1n) is 5.92. The van der Waals surface area contributed by atoms with E-state index in [1.54, 1.807) is 26.0 Å². The molecule has 0 saturated heterocycles. The second kappa shape index (κ2) is 6.22. The summed E-state index contributed by atoms with van der Waals surface area (Å²) in [5.74, 6) is -0.148. The molecule has 5 nitrogen and oxygen atoms in total. The third-order valence-corrected chi connectivity index (χ3v) is 2.79. The molecular weight excluding hydrogens is 248 g/mol. The maximum absolute atomic E-state index is 11.6. The van der Waals surface area contributed by atoms with Crippen molar-refractivity contribution in [2.75, 3.05) is 7.11 Å². The van der Waals surface area contributed by atoms with Crippen molar-refractivity contribution in [3.8, 4) is 5.75 Å². The van der Waals surface area contributed by atoms with Gasteiger partial charge in [-0.3, -0.25) is 4.79 Å². The van der Waals surface area contributed by atoms with Gasteiger partial charge < -0.3 is 14.3 Å². The van der Waals surface area contributed by atoms with E-state index in [2.05, 4.69) is 0 Å². The summed E-state index contributed by atoms with van der Waals surface area (Å²) in [6.07, 6.45) is 1.73. The minimum Gasteiger partial charge on any atom is -0.496 e. The zero-order valence-electron chi connectivity index (χ0n) is 11.5. The monoisotopic (exact) mass is 266 g/mol. The number of methoxy groups -OCH3 is 1. The Balaban J connectivity index is 3.07. The quantitative estimate of drug-likeness (QED) is 0.828. The highest BCUT2D eigenvalue weighted by Gasteiger charge is 2.13. The van der Waals surface area contributed by atoms with Gasteiger partial charge in [-0.25, -0.2) is 4.79 Å². The van der Waals surface area contributed by atoms with Gasteiger partial charge in [-0.2, -0.15) is 0 Å². The number of hydrogen-bond acceptors (Lipinski definition) is 4. The van der Waals surface area contributed by atoms with Crippen LogP contribution in [0.3, 0.4) is 0 Å². The van der Waals surface area contributed by atoms with E-state index >= 15 is 0 Å². The average Bonchev–Trinajstić information content (AvgIpc) is 2.31. The topological polar surface area (TPSA) is 76.7 Å². The Morgan fingerprint density at radius 1 is 1.58 bits per heavy atom. The average molecular weight is 266 g/mol. The Kier molecular flexibility index (Phi) is 4.92. The summed E-state index contributed by atoms with van der Waals surface area (Å²) in [7, 11) is 1.49. The summed E-state index contributed by atoms with van der Waals surface area (Å²) >= 11 is 0. The van der Waals surface area contributed by atoms with Crippen LogP contribution in [-0.2, 0) is 4.79 Å². The number of hydrogen-bond donors (Lipinski definition) is 1. The predicted molar refractivity (Wildman–Crippen MR) is 70.7 cm³/mol. The van der Waals surface area contributed by atoms with Crippen LogP contribution >= 0.6 is 0 Å². The third-order valence-electron chi connectivity index (χ3n) is 2.79. The predicted octanol–water partition coefficient (Wildman–Crippen LogP) is 2.48. The van der Waals surface area contributed by atoms with Crippen LogP contribution in [0.5, 0.6) is 5.75 Å². The fourth-order valence-electron chi connectivity index (χ4n) is 1.79. The Labute approximate surface area is 111 Å². The van der Waals surface area contributed by atoms with Crippen molar-refractivity contribution < 1.29 is 19.1 Å². The molecule has 1 aromatic rings. The molecule has 1 atom stereocenters. The molecule has 0 amide bonds. The highest BCUT2D eigenvalue weighted by Crippen LogP contribution is 2.23. The van der Waals surface area contributed by atoms with E-state index in [-0.39, 0.29) is 12.3 Å². The molecule has 1 aromatic heterocycles. The molecule has 5 heteroatoms. The highest BCUT2D eigenvalue weighted by molar-refractivity contribution is 5.69. The maximum atomic E-state index is 11.6. The largest absolute Gasteiger partial charge is 0.496 e. The van der Waals surface area contributed by atoms with Gasteiger partial charge in [0.1, 0.15) is 11.5 Å². The Bertz CT molecular complexity index is 553. The highest BCUT2D eigenvalue weighted by atomic mass is 16.5. The standard InChI is InChI=1S/C14H18O5/c1-8(6-13(15)16)5-9(2)11-7-12(18-4)10(3)14(17)19-11/h5,7,9H,6H2,1-4H3,(H,15,16)/b8-5-. The van der Waals surface area contributed by atoms with Crippen LogP contribution in [0.4, 0.5) is 0 Å². The van der Waals surface area contributed by atoms with Crippen molar-refractivity contribution >= 4 is 5.97 Å². The number of ether oxygens (including phenoxy) is 1. The van der Waals surface area contributed by atoms with Gasteiger partial charge in [-0.05, 0) is 13.8 Å². The summed E-state index contributed by atoms with van der Waals surface area (Å²) in [5, 5.41) is 8.70. The number of carboxylic acids is 1. The Morgan fingerprint density at radius 3 is 2.74 bits per heavy atom. The lowest BCUT2D eigenvalue weighted by molar-refractivity contribution is -0.136. The van der Waals surface area contributed by atoms with Crippen LogP contribution in [0, 0.1) is 6.92 Å². The first kappa shape index (κ1) is 15.0. The van der Waals surface area contributed by atoms with Gasteiger partial charge in [0.2, 0.25) is 0 Å². The van der Waals surface area contributed by atoms with Crippen molar-refractivity contribution in [1.82, 2.24) is 0 Å². The summed E-state index contributed by atoms with van der Waals surface area (Å²) in [6.45, 7) is 5.19. The van der Waals surface area contributed by atoms with Crippen molar-refractivity contribution in [1.29, 1.82) is 0 Å². The number of allylic oxidation sites excluding steroid dienone is 1. The first-order chi connectivity index (χ1) is 8.85. The van der Waals surface area contributed by atoms with Crippen LogP contribution in [0.1, 0.15) is 37.5 Å². The van der Waals surface area contributed by atoms with Gasteiger partial charge in [-0.15, -0.1) is 0 Å². The summed E-state index contributed by atoms with van der Waals surface area (Å²) in [5.41, 5.74) is 0.692. The summed E-state index contributed by atoms with van der Waals surface area (Å²) in [4.78, 5) is 22.2. The van der Waals surface area contributed by atoms with Gasteiger partial charge in [0.15, 0.2) is 0 Å². The van der Waals surface area contributed by atoms with Gasteiger partial charge in [0, 0.05) is 12.0 Å². The minimum absolute atomic E-state index is 0.0302. The molecule has 0 spiro atoms. The van der Waals surface area contributed by atoms with Gasteiger partial charge in [0.25, 0.3) is 0 Å². The van der Waals surface area contributed by atoms with Crippen LogP contribution in [-0.4, -0.2) is 18.2 Å². The third kappa shape index (κ3) is 3.98. The van der Waals surface area contributed by atoms with E-state index in [0.717, 1.165) is 0 Å². The number of rotatable bonds is 5. The van der Waals surface area contributed by atoms with Crippen molar-refractivity contribution in [3.05, 3.63) is 39.5 Å². The number of carboxylic acid groups (broad SMARTS) is 1. The molecule has 0 bridgehead atoms. The summed E-state index contributed by atoms with van der Waals surface area (Å²) in [6, 6.07) is 1.66. The van der Waals surface area contributed by atoms with Crippen LogP contribution in [0.2, 0.25) is 0 Å². The van der Waals surface area contributed by atoms with Crippen molar-refractivity contribution in [2.24, 2.45) is 0 Å². The van der Waals surface area contributed by atoms with E-state index in [0.29, 0.717) is 22.6 Å². The van der Waals surface area contributed by atoms with E-state index in [4.69, 9.17) is 14.3 Å². The molecule has 1 unspecified atom stereocenters. The lowest BCUT2D eigenvalue weighted by Crippen LogP contribution is -2.08. The smallest absolute Gasteiger partial charge is 0.342 e. The lowest BCUT2D eigenvalue weighted by Gasteiger charge is -2.10.